The monoisotopic (exact) mass is 420 g/mol. The fourth-order valence-electron chi connectivity index (χ4n) is 3.89. The van der Waals surface area contributed by atoms with Crippen molar-refractivity contribution in [1.82, 2.24) is 9.80 Å². The number of benzene rings is 2. The van der Waals surface area contributed by atoms with E-state index in [4.69, 9.17) is 10.6 Å². The maximum Gasteiger partial charge on any atom is 0.260 e. The number of piperidine rings is 1. The molecule has 0 bridgehead atoms. The Morgan fingerprint density at radius 2 is 1.74 bits per heavy atom. The molecule has 2 aromatic carbocycles. The minimum atomic E-state index is -0.641. The van der Waals surface area contributed by atoms with Crippen LogP contribution in [-0.2, 0) is 16.2 Å². The van der Waals surface area contributed by atoms with E-state index < -0.39 is 5.91 Å². The summed E-state index contributed by atoms with van der Waals surface area (Å²) in [5.41, 5.74) is 7.73. The summed E-state index contributed by atoms with van der Waals surface area (Å²) in [4.78, 5) is 45.3. The second-order valence-electron chi connectivity index (χ2n) is 7.64. The van der Waals surface area contributed by atoms with Gasteiger partial charge in [-0.15, -0.1) is 0 Å². The summed E-state index contributed by atoms with van der Waals surface area (Å²) in [6, 6.07) is 14.2. The number of amidine groups is 1. The Labute approximate surface area is 180 Å². The van der Waals surface area contributed by atoms with E-state index in [2.05, 4.69) is 5.16 Å². The molecule has 0 saturated carbocycles. The van der Waals surface area contributed by atoms with Crippen LogP contribution in [0.15, 0.2) is 53.7 Å². The second kappa shape index (κ2) is 8.99. The summed E-state index contributed by atoms with van der Waals surface area (Å²) in [5.74, 6) is -0.709. The number of hydrogen-bond donors (Lipinski definition) is 1. The first-order chi connectivity index (χ1) is 15.0. The quantitative estimate of drug-likeness (QED) is 0.723. The van der Waals surface area contributed by atoms with Gasteiger partial charge in [-0.1, -0.05) is 35.5 Å². The Kier molecular flexibility index (Phi) is 5.97. The van der Waals surface area contributed by atoms with E-state index in [1.54, 1.807) is 36.4 Å². The van der Waals surface area contributed by atoms with E-state index in [0.717, 1.165) is 37.9 Å². The number of oxime groups is 1. The van der Waals surface area contributed by atoms with Crippen molar-refractivity contribution >= 4 is 23.6 Å². The van der Waals surface area contributed by atoms with Crippen LogP contribution < -0.4 is 5.73 Å². The number of rotatable bonds is 6. The smallest absolute Gasteiger partial charge is 0.260 e. The lowest BCUT2D eigenvalue weighted by molar-refractivity contribution is -0.118. The molecule has 2 heterocycles. The predicted octanol–water partition coefficient (Wildman–Crippen LogP) is 2.13. The van der Waals surface area contributed by atoms with E-state index in [1.165, 1.54) is 4.90 Å². The van der Waals surface area contributed by atoms with Gasteiger partial charge in [-0.3, -0.25) is 19.3 Å². The van der Waals surface area contributed by atoms with Crippen LogP contribution in [0.25, 0.3) is 0 Å². The maximum absolute atomic E-state index is 12.7. The molecule has 3 amide bonds. The first-order valence-corrected chi connectivity index (χ1v) is 10.3. The summed E-state index contributed by atoms with van der Waals surface area (Å²) in [7, 11) is 0. The van der Waals surface area contributed by atoms with Gasteiger partial charge in [0.2, 0.25) is 5.91 Å². The van der Waals surface area contributed by atoms with Gasteiger partial charge in [-0.25, -0.2) is 0 Å². The molecule has 2 N–H and O–H groups in total. The molecular weight excluding hydrogens is 396 g/mol. The summed E-state index contributed by atoms with van der Waals surface area (Å²) >= 11 is 0. The molecule has 0 atom stereocenters. The molecule has 4 rings (SSSR count). The molecular formula is C23H24N4O4. The molecule has 2 aromatic rings. The van der Waals surface area contributed by atoms with E-state index >= 15 is 0 Å². The highest BCUT2D eigenvalue weighted by molar-refractivity contribution is 6.24. The molecule has 0 unspecified atom stereocenters. The van der Waals surface area contributed by atoms with Crippen LogP contribution >= 0.6 is 0 Å². The average molecular weight is 420 g/mol. The molecule has 0 aliphatic carbocycles. The van der Waals surface area contributed by atoms with Gasteiger partial charge in [0, 0.05) is 24.2 Å². The van der Waals surface area contributed by atoms with E-state index in [0.29, 0.717) is 16.7 Å². The van der Waals surface area contributed by atoms with Gasteiger partial charge >= 0.3 is 0 Å². The number of nitrogens with two attached hydrogens (primary N) is 1. The first kappa shape index (κ1) is 20.6. The SMILES string of the molecule is NC(=O)CN1C(=O)c2ccccc2/C1=N\OCc1cccc(C(=O)N2CCCCC2)c1. The van der Waals surface area contributed by atoms with Crippen molar-refractivity contribution in [1.29, 1.82) is 0 Å². The number of carbonyl (C=O) groups is 3. The highest BCUT2D eigenvalue weighted by atomic mass is 16.6. The Bertz CT molecular complexity index is 1040. The van der Waals surface area contributed by atoms with Crippen molar-refractivity contribution in [2.75, 3.05) is 19.6 Å². The third kappa shape index (κ3) is 4.42. The van der Waals surface area contributed by atoms with Gasteiger partial charge in [0.25, 0.3) is 11.8 Å². The lowest BCUT2D eigenvalue weighted by atomic mass is 10.1. The Hall–Kier alpha value is -3.68. The molecule has 0 spiro atoms. The summed E-state index contributed by atoms with van der Waals surface area (Å²) in [6.07, 6.45) is 3.23. The van der Waals surface area contributed by atoms with Gasteiger partial charge in [0.05, 0.1) is 5.56 Å². The van der Waals surface area contributed by atoms with E-state index in [9.17, 15) is 14.4 Å². The number of amides is 3. The summed E-state index contributed by atoms with van der Waals surface area (Å²) in [5, 5.41) is 4.13. The van der Waals surface area contributed by atoms with Gasteiger partial charge in [0.1, 0.15) is 13.2 Å². The Morgan fingerprint density at radius 1 is 1.00 bits per heavy atom. The van der Waals surface area contributed by atoms with Gasteiger partial charge in [0.15, 0.2) is 5.84 Å². The summed E-state index contributed by atoms with van der Waals surface area (Å²) in [6.45, 7) is 1.41. The zero-order valence-electron chi connectivity index (χ0n) is 17.1. The van der Waals surface area contributed by atoms with Crippen molar-refractivity contribution < 1.29 is 19.2 Å². The molecule has 1 saturated heterocycles. The Morgan fingerprint density at radius 3 is 2.48 bits per heavy atom. The molecule has 0 radical (unpaired) electrons. The van der Waals surface area contributed by atoms with E-state index in [1.807, 2.05) is 17.0 Å². The third-order valence-electron chi connectivity index (χ3n) is 5.41. The lowest BCUT2D eigenvalue weighted by Crippen LogP contribution is -2.38. The van der Waals surface area contributed by atoms with Crippen molar-refractivity contribution in [2.24, 2.45) is 10.9 Å². The fraction of sp³-hybridized carbons (Fsp3) is 0.304. The molecule has 8 nitrogen and oxygen atoms in total. The number of fused-ring (bicyclic) bond motifs is 1. The maximum atomic E-state index is 12.7. The molecule has 2 aliphatic rings. The van der Waals surface area contributed by atoms with E-state index in [-0.39, 0.29) is 30.8 Å². The normalized spacial score (nSPS) is 17.0. The minimum absolute atomic E-state index is 0.0239. The zero-order chi connectivity index (χ0) is 21.8. The van der Waals surface area contributed by atoms with Crippen LogP contribution in [0.4, 0.5) is 0 Å². The zero-order valence-corrected chi connectivity index (χ0v) is 17.1. The molecule has 1 fully saturated rings. The van der Waals surface area contributed by atoms with Gasteiger partial charge < -0.3 is 15.5 Å². The van der Waals surface area contributed by atoms with Crippen LogP contribution in [0.2, 0.25) is 0 Å². The van der Waals surface area contributed by atoms with Crippen LogP contribution in [-0.4, -0.2) is 53.0 Å². The number of hydrogen-bond acceptors (Lipinski definition) is 5. The minimum Gasteiger partial charge on any atom is -0.389 e. The molecule has 31 heavy (non-hydrogen) atoms. The number of likely N-dealkylation sites (tertiary alicyclic amines) is 1. The van der Waals surface area contributed by atoms with Crippen molar-refractivity contribution in [2.45, 2.75) is 25.9 Å². The number of carbonyl (C=O) groups excluding carboxylic acids is 3. The van der Waals surface area contributed by atoms with Gasteiger partial charge in [-0.2, -0.15) is 0 Å². The van der Waals surface area contributed by atoms with Crippen molar-refractivity contribution in [3.8, 4) is 0 Å². The van der Waals surface area contributed by atoms with Crippen LogP contribution in [0, 0.1) is 0 Å². The van der Waals surface area contributed by atoms with Crippen LogP contribution in [0.5, 0.6) is 0 Å². The molecule has 2 aliphatic heterocycles. The molecule has 0 aromatic heterocycles. The largest absolute Gasteiger partial charge is 0.389 e. The van der Waals surface area contributed by atoms with Gasteiger partial charge in [-0.05, 0) is 43.0 Å². The Balaban J connectivity index is 1.49. The second-order valence-corrected chi connectivity index (χ2v) is 7.64. The van der Waals surface area contributed by atoms with Crippen molar-refractivity contribution in [3.63, 3.8) is 0 Å². The number of nitrogens with zero attached hydrogens (tertiary/aromatic N) is 3. The van der Waals surface area contributed by atoms with Crippen LogP contribution in [0.1, 0.15) is 51.1 Å². The predicted molar refractivity (Wildman–Crippen MR) is 114 cm³/mol. The van der Waals surface area contributed by atoms with Crippen molar-refractivity contribution in [3.05, 3.63) is 70.8 Å². The fourth-order valence-corrected chi connectivity index (χ4v) is 3.89. The highest BCUT2D eigenvalue weighted by Gasteiger charge is 2.35. The highest BCUT2D eigenvalue weighted by Crippen LogP contribution is 2.23. The lowest BCUT2D eigenvalue weighted by Gasteiger charge is -2.26. The standard InChI is InChI=1S/C23H24N4O4/c24-20(28)14-27-21(18-9-2-3-10-19(18)23(27)30)25-31-15-16-7-6-8-17(13-16)22(29)26-11-4-1-5-12-26/h2-3,6-10,13H,1,4-5,11-12,14-15H2,(H2,24,28)/b25-21+. The third-order valence-corrected chi connectivity index (χ3v) is 5.41. The average Bonchev–Trinajstić information content (AvgIpc) is 3.05. The molecule has 160 valence electrons. The first-order valence-electron chi connectivity index (χ1n) is 10.3. The summed E-state index contributed by atoms with van der Waals surface area (Å²) < 4.78 is 0. The van der Waals surface area contributed by atoms with Crippen LogP contribution in [0.3, 0.4) is 0 Å². The number of primary amides is 1. The topological polar surface area (TPSA) is 105 Å². The molecule has 8 heteroatoms.